The lowest BCUT2D eigenvalue weighted by Crippen LogP contribution is -2.50. The van der Waals surface area contributed by atoms with Crippen LogP contribution in [0, 0.1) is 0 Å². The van der Waals surface area contributed by atoms with Gasteiger partial charge in [-0.25, -0.2) is 0 Å². The lowest BCUT2D eigenvalue weighted by atomic mass is 10.2. The van der Waals surface area contributed by atoms with Crippen LogP contribution in [0.15, 0.2) is 12.2 Å². The number of rotatable bonds is 14. The van der Waals surface area contributed by atoms with Crippen LogP contribution in [0.3, 0.4) is 0 Å². The van der Waals surface area contributed by atoms with E-state index >= 15 is 0 Å². The van der Waals surface area contributed by atoms with Crippen molar-refractivity contribution in [1.82, 2.24) is 0 Å². The highest BCUT2D eigenvalue weighted by Crippen LogP contribution is 2.33. The Labute approximate surface area is 142 Å². The largest absolute Gasteiger partial charge is 0.508 e. The van der Waals surface area contributed by atoms with Gasteiger partial charge in [0.15, 0.2) is 0 Å². The quantitative estimate of drug-likeness (QED) is 0.273. The molecule has 1 aliphatic heterocycles. The van der Waals surface area contributed by atoms with E-state index in [1.165, 1.54) is 0 Å². The maximum atomic E-state index is 6.07. The fraction of sp³-hybridized carbons (Fsp3) is 0.882. The molecule has 1 rings (SSSR count). The highest BCUT2D eigenvalue weighted by Gasteiger charge is 2.48. The zero-order valence-electron chi connectivity index (χ0n) is 15.4. The molecular weight excluding hydrogens is 312 g/mol. The molecule has 0 radical (unpaired) electrons. The SMILES string of the molecule is CCC=CC(CC(C)OCC1CO1)[Si](OCC)(OCC)OCC. The molecule has 0 aliphatic carbocycles. The van der Waals surface area contributed by atoms with Crippen molar-refractivity contribution < 1.29 is 22.8 Å². The highest BCUT2D eigenvalue weighted by atomic mass is 28.4. The molecule has 0 N–H and O–H groups in total. The third-order valence-electron chi connectivity index (χ3n) is 3.65. The lowest BCUT2D eigenvalue weighted by Gasteiger charge is -2.35. The molecule has 0 aromatic carbocycles. The van der Waals surface area contributed by atoms with Gasteiger partial charge in [-0.05, 0) is 40.5 Å². The van der Waals surface area contributed by atoms with Crippen molar-refractivity contribution in [2.45, 2.75) is 65.2 Å². The molecule has 0 amide bonds. The first-order valence-corrected chi connectivity index (χ1v) is 10.7. The first-order chi connectivity index (χ1) is 11.1. The third-order valence-corrected chi connectivity index (χ3v) is 7.06. The van der Waals surface area contributed by atoms with Crippen molar-refractivity contribution in [2.75, 3.05) is 33.0 Å². The second-order valence-corrected chi connectivity index (χ2v) is 8.50. The average molecular weight is 347 g/mol. The number of hydrogen-bond donors (Lipinski definition) is 0. The molecule has 3 atom stereocenters. The molecular formula is C17H34O5Si. The van der Waals surface area contributed by atoms with E-state index in [0.29, 0.717) is 26.4 Å². The van der Waals surface area contributed by atoms with Crippen molar-refractivity contribution >= 4 is 8.80 Å². The number of ether oxygens (including phenoxy) is 2. The van der Waals surface area contributed by atoms with E-state index < -0.39 is 8.80 Å². The standard InChI is InChI=1S/C17H34O5Si/c1-6-10-11-17(12-15(5)18-13-16-14-19-16)23(20-7-2,21-8-3)22-9-4/h10-11,15-17H,6-9,12-14H2,1-5H3. The molecule has 23 heavy (non-hydrogen) atoms. The van der Waals surface area contributed by atoms with Crippen molar-refractivity contribution in [3.63, 3.8) is 0 Å². The summed E-state index contributed by atoms with van der Waals surface area (Å²) in [7, 11) is -2.76. The van der Waals surface area contributed by atoms with E-state index in [2.05, 4.69) is 26.0 Å². The van der Waals surface area contributed by atoms with Crippen LogP contribution in [0.1, 0.15) is 47.5 Å². The fourth-order valence-electron chi connectivity index (χ4n) is 2.55. The summed E-state index contributed by atoms with van der Waals surface area (Å²) < 4.78 is 29.3. The molecule has 5 nitrogen and oxygen atoms in total. The highest BCUT2D eigenvalue weighted by molar-refractivity contribution is 6.63. The van der Waals surface area contributed by atoms with E-state index in [1.807, 2.05) is 20.8 Å². The summed E-state index contributed by atoms with van der Waals surface area (Å²) in [6, 6.07) is 0. The molecule has 0 aromatic heterocycles. The van der Waals surface area contributed by atoms with Gasteiger partial charge in [0.05, 0.1) is 19.3 Å². The Morgan fingerprint density at radius 2 is 1.65 bits per heavy atom. The Morgan fingerprint density at radius 1 is 1.09 bits per heavy atom. The summed E-state index contributed by atoms with van der Waals surface area (Å²) in [5.41, 5.74) is 0.109. The van der Waals surface area contributed by atoms with Crippen molar-refractivity contribution in [3.05, 3.63) is 12.2 Å². The topological polar surface area (TPSA) is 49.5 Å². The Kier molecular flexibility index (Phi) is 10.3. The van der Waals surface area contributed by atoms with E-state index in [0.717, 1.165) is 19.4 Å². The monoisotopic (exact) mass is 346 g/mol. The Bertz CT molecular complexity index is 316. The molecule has 1 heterocycles. The molecule has 3 unspecified atom stereocenters. The van der Waals surface area contributed by atoms with Gasteiger partial charge < -0.3 is 22.8 Å². The maximum absolute atomic E-state index is 6.07. The fourth-order valence-corrected chi connectivity index (χ4v) is 5.64. The van der Waals surface area contributed by atoms with Gasteiger partial charge in [0.2, 0.25) is 0 Å². The lowest BCUT2D eigenvalue weighted by molar-refractivity contribution is 0.0319. The number of hydrogen-bond acceptors (Lipinski definition) is 5. The van der Waals surface area contributed by atoms with Gasteiger partial charge in [-0.1, -0.05) is 19.1 Å². The van der Waals surface area contributed by atoms with Gasteiger partial charge in [-0.3, -0.25) is 0 Å². The zero-order chi connectivity index (χ0) is 17.1. The molecule has 136 valence electrons. The summed E-state index contributed by atoms with van der Waals surface area (Å²) in [4.78, 5) is 0. The summed E-state index contributed by atoms with van der Waals surface area (Å²) in [5, 5.41) is 0. The van der Waals surface area contributed by atoms with Crippen LogP contribution in [-0.2, 0) is 22.8 Å². The summed E-state index contributed by atoms with van der Waals surface area (Å²) in [5.74, 6) is 0. The van der Waals surface area contributed by atoms with E-state index in [-0.39, 0.29) is 17.7 Å². The van der Waals surface area contributed by atoms with Gasteiger partial charge in [0, 0.05) is 25.4 Å². The van der Waals surface area contributed by atoms with Gasteiger partial charge in [-0.15, -0.1) is 0 Å². The maximum Gasteiger partial charge on any atom is 0.508 e. The molecule has 1 aliphatic rings. The zero-order valence-corrected chi connectivity index (χ0v) is 16.4. The Hall–Kier alpha value is -0.243. The van der Waals surface area contributed by atoms with E-state index in [4.69, 9.17) is 22.8 Å². The van der Waals surface area contributed by atoms with E-state index in [9.17, 15) is 0 Å². The molecule has 0 spiro atoms. The van der Waals surface area contributed by atoms with Crippen LogP contribution >= 0.6 is 0 Å². The van der Waals surface area contributed by atoms with Gasteiger partial charge >= 0.3 is 8.80 Å². The Balaban J connectivity index is 2.80. The molecule has 1 fully saturated rings. The van der Waals surface area contributed by atoms with Gasteiger partial charge in [-0.2, -0.15) is 0 Å². The van der Waals surface area contributed by atoms with E-state index in [1.54, 1.807) is 0 Å². The van der Waals surface area contributed by atoms with Crippen LogP contribution in [-0.4, -0.2) is 54.0 Å². The van der Waals surface area contributed by atoms with Crippen LogP contribution in [0.25, 0.3) is 0 Å². The second-order valence-electron chi connectivity index (χ2n) is 5.68. The first kappa shape index (κ1) is 20.8. The molecule has 0 bridgehead atoms. The van der Waals surface area contributed by atoms with Crippen molar-refractivity contribution in [3.8, 4) is 0 Å². The smallest absolute Gasteiger partial charge is 0.376 e. The summed E-state index contributed by atoms with van der Waals surface area (Å²) >= 11 is 0. The molecule has 0 saturated carbocycles. The molecule has 6 heteroatoms. The van der Waals surface area contributed by atoms with Crippen molar-refractivity contribution in [1.29, 1.82) is 0 Å². The third kappa shape index (κ3) is 7.45. The van der Waals surface area contributed by atoms with Gasteiger partial charge in [0.25, 0.3) is 0 Å². The van der Waals surface area contributed by atoms with Crippen LogP contribution in [0.2, 0.25) is 5.54 Å². The normalized spacial score (nSPS) is 20.8. The minimum atomic E-state index is -2.76. The van der Waals surface area contributed by atoms with Crippen LogP contribution in [0.4, 0.5) is 0 Å². The predicted molar refractivity (Wildman–Crippen MR) is 93.6 cm³/mol. The van der Waals surface area contributed by atoms with Gasteiger partial charge in [0.1, 0.15) is 6.10 Å². The minimum absolute atomic E-state index is 0.109. The summed E-state index contributed by atoms with van der Waals surface area (Å²) in [6.07, 6.45) is 6.57. The summed E-state index contributed by atoms with van der Waals surface area (Å²) in [6.45, 7) is 13.5. The predicted octanol–water partition coefficient (Wildman–Crippen LogP) is 3.57. The molecule has 0 aromatic rings. The second kappa shape index (κ2) is 11.3. The number of epoxide rings is 1. The van der Waals surface area contributed by atoms with Crippen LogP contribution < -0.4 is 0 Å². The minimum Gasteiger partial charge on any atom is -0.376 e. The molecule has 1 saturated heterocycles. The first-order valence-electron chi connectivity index (χ1n) is 8.93. The van der Waals surface area contributed by atoms with Crippen LogP contribution in [0.5, 0.6) is 0 Å². The average Bonchev–Trinajstić information content (AvgIpc) is 3.34. The number of allylic oxidation sites excluding steroid dienone is 2. The Morgan fingerprint density at radius 3 is 2.09 bits per heavy atom. The van der Waals surface area contributed by atoms with Crippen molar-refractivity contribution in [2.24, 2.45) is 0 Å².